The van der Waals surface area contributed by atoms with E-state index in [0.717, 1.165) is 17.5 Å². The second-order valence-electron chi connectivity index (χ2n) is 7.28. The van der Waals surface area contributed by atoms with E-state index in [2.05, 4.69) is 5.32 Å². The third kappa shape index (κ3) is 6.63. The smallest absolute Gasteiger partial charge is 0.243 e. The Morgan fingerprint density at radius 2 is 1.67 bits per heavy atom. The Labute approximate surface area is 193 Å². The summed E-state index contributed by atoms with van der Waals surface area (Å²) in [6, 6.07) is 11.9. The number of nitrogens with zero attached hydrogens (tertiary/aromatic N) is 1. The molecule has 30 heavy (non-hydrogen) atoms. The molecule has 2 atom stereocenters. The highest BCUT2D eigenvalue weighted by atomic mass is 35.5. The molecule has 7 heteroatoms. The zero-order valence-corrected chi connectivity index (χ0v) is 19.7. The summed E-state index contributed by atoms with van der Waals surface area (Å²) < 4.78 is 0. The van der Waals surface area contributed by atoms with Crippen molar-refractivity contribution in [3.05, 3.63) is 68.7 Å². The van der Waals surface area contributed by atoms with Crippen molar-refractivity contribution >= 4 is 46.6 Å². The van der Waals surface area contributed by atoms with Crippen molar-refractivity contribution in [2.75, 3.05) is 0 Å². The van der Waals surface area contributed by atoms with Crippen LogP contribution in [0.1, 0.15) is 44.7 Å². The maximum absolute atomic E-state index is 13.3. The number of halogens is 3. The zero-order valence-electron chi connectivity index (χ0n) is 17.4. The Morgan fingerprint density at radius 3 is 2.27 bits per heavy atom. The SMILES string of the molecule is CC[C@@H](C)NC(=O)[C@H](CC)N(Cc1ccc(Cl)c(Cl)c1)C(=O)Cc1ccccc1Cl. The topological polar surface area (TPSA) is 49.4 Å². The molecule has 0 bridgehead atoms. The summed E-state index contributed by atoms with van der Waals surface area (Å²) in [5.74, 6) is -0.347. The van der Waals surface area contributed by atoms with Crippen molar-refractivity contribution < 1.29 is 9.59 Å². The Kier molecular flexibility index (Phi) is 9.47. The molecule has 0 aliphatic rings. The fourth-order valence-electron chi connectivity index (χ4n) is 3.10. The first-order valence-corrected chi connectivity index (χ1v) is 11.2. The van der Waals surface area contributed by atoms with Crippen LogP contribution >= 0.6 is 34.8 Å². The van der Waals surface area contributed by atoms with Crippen molar-refractivity contribution in [3.8, 4) is 0 Å². The lowest BCUT2D eigenvalue weighted by Crippen LogP contribution is -2.51. The summed E-state index contributed by atoms with van der Waals surface area (Å²) in [6.07, 6.45) is 1.40. The highest BCUT2D eigenvalue weighted by Gasteiger charge is 2.29. The summed E-state index contributed by atoms with van der Waals surface area (Å²) in [5, 5.41) is 4.36. The average Bonchev–Trinajstić information content (AvgIpc) is 2.72. The van der Waals surface area contributed by atoms with Crippen molar-refractivity contribution in [3.63, 3.8) is 0 Å². The second kappa shape index (κ2) is 11.6. The molecule has 1 N–H and O–H groups in total. The van der Waals surface area contributed by atoms with Gasteiger partial charge >= 0.3 is 0 Å². The van der Waals surface area contributed by atoms with E-state index in [4.69, 9.17) is 34.8 Å². The number of hydrogen-bond acceptors (Lipinski definition) is 2. The average molecular weight is 470 g/mol. The first-order valence-electron chi connectivity index (χ1n) is 10.0. The summed E-state index contributed by atoms with van der Waals surface area (Å²) in [7, 11) is 0. The van der Waals surface area contributed by atoms with E-state index in [0.29, 0.717) is 21.5 Å². The number of rotatable bonds is 9. The van der Waals surface area contributed by atoms with Gasteiger partial charge in [-0.3, -0.25) is 9.59 Å². The molecule has 0 aliphatic carbocycles. The molecule has 2 aromatic rings. The second-order valence-corrected chi connectivity index (χ2v) is 8.50. The third-order valence-electron chi connectivity index (χ3n) is 5.02. The molecule has 0 unspecified atom stereocenters. The molecule has 0 fully saturated rings. The minimum absolute atomic E-state index is 0.0250. The Bertz CT molecular complexity index is 889. The summed E-state index contributed by atoms with van der Waals surface area (Å²) in [6.45, 7) is 6.08. The van der Waals surface area contributed by atoms with E-state index >= 15 is 0 Å². The van der Waals surface area contributed by atoms with Crippen LogP contribution < -0.4 is 5.32 Å². The quantitative estimate of drug-likeness (QED) is 0.496. The first-order chi connectivity index (χ1) is 14.3. The summed E-state index contributed by atoms with van der Waals surface area (Å²) in [5.41, 5.74) is 1.52. The zero-order chi connectivity index (χ0) is 22.3. The Balaban J connectivity index is 2.34. The van der Waals surface area contributed by atoms with Gasteiger partial charge in [0.1, 0.15) is 6.04 Å². The molecule has 0 aliphatic heterocycles. The van der Waals surface area contributed by atoms with Crippen LogP contribution in [-0.4, -0.2) is 28.8 Å². The van der Waals surface area contributed by atoms with Crippen LogP contribution in [0.15, 0.2) is 42.5 Å². The summed E-state index contributed by atoms with van der Waals surface area (Å²) in [4.78, 5) is 27.8. The van der Waals surface area contributed by atoms with Crippen molar-refractivity contribution in [2.24, 2.45) is 0 Å². The third-order valence-corrected chi connectivity index (χ3v) is 6.13. The van der Waals surface area contributed by atoms with Crippen LogP contribution in [0.25, 0.3) is 0 Å². The van der Waals surface area contributed by atoms with Crippen molar-refractivity contribution in [1.29, 1.82) is 0 Å². The molecule has 162 valence electrons. The lowest BCUT2D eigenvalue weighted by molar-refractivity contribution is -0.141. The molecule has 0 heterocycles. The van der Waals surface area contributed by atoms with Gasteiger partial charge in [0, 0.05) is 17.6 Å². The Hall–Kier alpha value is -1.75. The minimum atomic E-state index is -0.608. The van der Waals surface area contributed by atoms with E-state index in [1.54, 1.807) is 23.1 Å². The van der Waals surface area contributed by atoms with Crippen LogP contribution in [0.3, 0.4) is 0 Å². The van der Waals surface area contributed by atoms with Gasteiger partial charge in [0.05, 0.1) is 16.5 Å². The van der Waals surface area contributed by atoms with E-state index in [1.165, 1.54) is 0 Å². The van der Waals surface area contributed by atoms with Gasteiger partial charge in [-0.1, -0.05) is 72.9 Å². The highest BCUT2D eigenvalue weighted by molar-refractivity contribution is 6.42. The lowest BCUT2D eigenvalue weighted by Gasteiger charge is -2.31. The molecule has 0 radical (unpaired) electrons. The number of hydrogen-bond donors (Lipinski definition) is 1. The predicted octanol–water partition coefficient (Wildman–Crippen LogP) is 5.91. The molecule has 0 saturated carbocycles. The van der Waals surface area contributed by atoms with Gasteiger partial charge in [0.25, 0.3) is 0 Å². The molecule has 2 rings (SSSR count). The highest BCUT2D eigenvalue weighted by Crippen LogP contribution is 2.25. The maximum atomic E-state index is 13.3. The number of carbonyl (C=O) groups excluding carboxylic acids is 2. The number of amides is 2. The Morgan fingerprint density at radius 1 is 0.967 bits per heavy atom. The van der Waals surface area contributed by atoms with Crippen molar-refractivity contribution in [2.45, 2.75) is 58.7 Å². The largest absolute Gasteiger partial charge is 0.352 e. The van der Waals surface area contributed by atoms with Crippen LogP contribution in [0.2, 0.25) is 15.1 Å². The van der Waals surface area contributed by atoms with Gasteiger partial charge in [0.2, 0.25) is 11.8 Å². The predicted molar refractivity (Wildman–Crippen MR) is 124 cm³/mol. The van der Waals surface area contributed by atoms with Gasteiger partial charge in [0.15, 0.2) is 0 Å². The van der Waals surface area contributed by atoms with E-state index in [9.17, 15) is 9.59 Å². The van der Waals surface area contributed by atoms with Gasteiger partial charge in [-0.25, -0.2) is 0 Å². The monoisotopic (exact) mass is 468 g/mol. The van der Waals surface area contributed by atoms with Gasteiger partial charge in [-0.15, -0.1) is 0 Å². The molecule has 0 saturated heterocycles. The minimum Gasteiger partial charge on any atom is -0.352 e. The maximum Gasteiger partial charge on any atom is 0.243 e. The first kappa shape index (κ1) is 24.5. The van der Waals surface area contributed by atoms with Crippen LogP contribution in [0.5, 0.6) is 0 Å². The fourth-order valence-corrected chi connectivity index (χ4v) is 3.62. The normalized spacial score (nSPS) is 12.9. The van der Waals surface area contributed by atoms with E-state index in [1.807, 2.05) is 45.0 Å². The van der Waals surface area contributed by atoms with E-state index in [-0.39, 0.29) is 30.8 Å². The van der Waals surface area contributed by atoms with Gasteiger partial charge in [-0.05, 0) is 49.1 Å². The molecule has 4 nitrogen and oxygen atoms in total. The fraction of sp³-hybridized carbons (Fsp3) is 0.391. The lowest BCUT2D eigenvalue weighted by atomic mass is 10.1. The van der Waals surface area contributed by atoms with Crippen LogP contribution in [0, 0.1) is 0 Å². The summed E-state index contributed by atoms with van der Waals surface area (Å²) >= 11 is 18.4. The molecular weight excluding hydrogens is 443 g/mol. The number of carbonyl (C=O) groups is 2. The van der Waals surface area contributed by atoms with Gasteiger partial charge in [-0.2, -0.15) is 0 Å². The molecule has 0 spiro atoms. The van der Waals surface area contributed by atoms with Crippen LogP contribution in [-0.2, 0) is 22.6 Å². The molecule has 2 amide bonds. The molecule has 2 aromatic carbocycles. The van der Waals surface area contributed by atoms with E-state index < -0.39 is 6.04 Å². The number of nitrogens with one attached hydrogen (secondary N) is 1. The van der Waals surface area contributed by atoms with Crippen LogP contribution in [0.4, 0.5) is 0 Å². The molecular formula is C23H27Cl3N2O2. The standard InChI is InChI=1S/C23H27Cl3N2O2/c1-4-15(3)27-23(30)21(5-2)28(14-16-10-11-19(25)20(26)12-16)22(29)13-17-8-6-7-9-18(17)24/h6-12,15,21H,4-5,13-14H2,1-3H3,(H,27,30)/t15-,21+/m1/s1. The molecule has 0 aromatic heterocycles. The van der Waals surface area contributed by atoms with Gasteiger partial charge < -0.3 is 10.2 Å². The van der Waals surface area contributed by atoms with Crippen molar-refractivity contribution in [1.82, 2.24) is 10.2 Å². The number of benzene rings is 2.